The maximum absolute atomic E-state index is 8.76. The third kappa shape index (κ3) is 19.7. The number of hydrogen-bond acceptors (Lipinski definition) is 5. The van der Waals surface area contributed by atoms with E-state index in [-0.39, 0.29) is 26.4 Å². The molecule has 0 spiro atoms. The summed E-state index contributed by atoms with van der Waals surface area (Å²) in [6, 6.07) is 0. The summed E-state index contributed by atoms with van der Waals surface area (Å²) in [6.45, 7) is 2.49. The van der Waals surface area contributed by atoms with Crippen molar-refractivity contribution >= 4 is 0 Å². The monoisotopic (exact) mass is 373 g/mol. The van der Waals surface area contributed by atoms with Crippen molar-refractivity contribution in [3.05, 3.63) is 12.3 Å². The van der Waals surface area contributed by atoms with E-state index < -0.39 is 0 Å². The first kappa shape index (κ1) is 25.4. The molecule has 0 aliphatic rings. The normalized spacial score (nSPS) is 11.5. The molecule has 5 heteroatoms. The van der Waals surface area contributed by atoms with Crippen LogP contribution in [0.25, 0.3) is 0 Å². The van der Waals surface area contributed by atoms with E-state index in [4.69, 9.17) is 19.9 Å². The minimum Gasteiger partial charge on any atom is -0.394 e. The second-order valence-corrected chi connectivity index (χ2v) is 6.82. The number of allylic oxidation sites excluding steroid dienone is 1. The van der Waals surface area contributed by atoms with Gasteiger partial charge in [0.05, 0.1) is 19.4 Å². The lowest BCUT2D eigenvalue weighted by atomic mass is 10.0. The van der Waals surface area contributed by atoms with Crippen molar-refractivity contribution < 1.29 is 19.9 Å². The lowest BCUT2D eigenvalue weighted by molar-refractivity contribution is -0.339. The summed E-state index contributed by atoms with van der Waals surface area (Å²) in [7, 11) is 0. The molecule has 0 rings (SSSR count). The van der Waals surface area contributed by atoms with Crippen LogP contribution in [-0.4, -0.2) is 41.9 Å². The van der Waals surface area contributed by atoms with Crippen LogP contribution in [0.2, 0.25) is 0 Å². The topological polar surface area (TPSA) is 62.2 Å². The molecule has 0 aromatic heterocycles. The Bertz CT molecular complexity index is 279. The molecule has 0 aliphatic heterocycles. The van der Waals surface area contributed by atoms with Crippen LogP contribution in [0.1, 0.15) is 96.8 Å². The van der Waals surface area contributed by atoms with E-state index in [2.05, 4.69) is 6.92 Å². The molecule has 0 atom stereocenters. The van der Waals surface area contributed by atoms with Gasteiger partial charge in [-0.25, -0.2) is 9.68 Å². The maximum atomic E-state index is 8.76. The molecule has 0 radical (unpaired) electrons. The standard InChI is InChI=1S/C21H43NO4/c1-2-3-4-5-6-7-8-9-10-11-12-13-14-15-16-17-22(25-20-18-23)26-21-19-24/h16-17,23-24H,2-15,18-21H2,1H3. The average Bonchev–Trinajstić information content (AvgIpc) is 2.66. The molecule has 0 heterocycles. The molecule has 156 valence electrons. The Hall–Kier alpha value is -0.620. The molecule has 0 bridgehead atoms. The summed E-state index contributed by atoms with van der Waals surface area (Å²) in [5.41, 5.74) is 0. The molecule has 0 fully saturated rings. The number of aliphatic hydroxyl groups is 2. The van der Waals surface area contributed by atoms with E-state index in [1.165, 1.54) is 88.7 Å². The van der Waals surface area contributed by atoms with Gasteiger partial charge in [-0.1, -0.05) is 90.0 Å². The number of hydroxylamine groups is 2. The van der Waals surface area contributed by atoms with E-state index in [0.717, 1.165) is 6.42 Å². The molecule has 0 unspecified atom stereocenters. The van der Waals surface area contributed by atoms with Crippen molar-refractivity contribution in [2.75, 3.05) is 26.4 Å². The van der Waals surface area contributed by atoms with Crippen LogP contribution in [0.3, 0.4) is 0 Å². The first-order valence-electron chi connectivity index (χ1n) is 10.8. The molecular weight excluding hydrogens is 330 g/mol. The van der Waals surface area contributed by atoms with Gasteiger partial charge in [0.25, 0.3) is 0 Å². The van der Waals surface area contributed by atoms with Crippen LogP contribution >= 0.6 is 0 Å². The lowest BCUT2D eigenvalue weighted by Gasteiger charge is -2.17. The zero-order chi connectivity index (χ0) is 19.1. The van der Waals surface area contributed by atoms with Gasteiger partial charge >= 0.3 is 0 Å². The van der Waals surface area contributed by atoms with E-state index in [1.54, 1.807) is 6.20 Å². The molecule has 0 amide bonds. The summed E-state index contributed by atoms with van der Waals surface area (Å²) in [4.78, 5) is 10.4. The Morgan fingerprint density at radius 1 is 0.654 bits per heavy atom. The molecule has 0 saturated carbocycles. The van der Waals surface area contributed by atoms with Crippen molar-refractivity contribution in [2.24, 2.45) is 0 Å². The molecule has 0 aromatic rings. The first-order chi connectivity index (χ1) is 12.8. The average molecular weight is 374 g/mol. The number of rotatable bonds is 21. The van der Waals surface area contributed by atoms with Crippen molar-refractivity contribution in [2.45, 2.75) is 96.8 Å². The highest BCUT2D eigenvalue weighted by atomic mass is 16.9. The van der Waals surface area contributed by atoms with Crippen LogP contribution in [-0.2, 0) is 9.68 Å². The van der Waals surface area contributed by atoms with E-state index in [1.807, 2.05) is 6.08 Å². The van der Waals surface area contributed by atoms with Crippen LogP contribution in [0.5, 0.6) is 0 Å². The van der Waals surface area contributed by atoms with Gasteiger partial charge in [0, 0.05) is 0 Å². The molecule has 0 aliphatic carbocycles. The van der Waals surface area contributed by atoms with Crippen molar-refractivity contribution in [3.63, 3.8) is 0 Å². The van der Waals surface area contributed by atoms with Gasteiger partial charge in [-0.2, -0.15) is 0 Å². The number of hydrogen-bond donors (Lipinski definition) is 2. The fourth-order valence-corrected chi connectivity index (χ4v) is 2.83. The summed E-state index contributed by atoms with van der Waals surface area (Å²) in [5, 5.41) is 18.7. The van der Waals surface area contributed by atoms with Crippen molar-refractivity contribution in [1.82, 2.24) is 5.23 Å². The first-order valence-corrected chi connectivity index (χ1v) is 10.8. The molecule has 5 nitrogen and oxygen atoms in total. The summed E-state index contributed by atoms with van der Waals surface area (Å²) in [5.74, 6) is 0. The number of unbranched alkanes of at least 4 members (excludes halogenated alkanes) is 13. The van der Waals surface area contributed by atoms with Gasteiger partial charge in [-0.3, -0.25) is 0 Å². The van der Waals surface area contributed by atoms with E-state index in [9.17, 15) is 0 Å². The predicted molar refractivity (Wildman–Crippen MR) is 107 cm³/mol. The maximum Gasteiger partial charge on any atom is 0.101 e. The number of nitrogens with zero attached hydrogens (tertiary/aromatic N) is 1. The zero-order valence-corrected chi connectivity index (χ0v) is 17.0. The largest absolute Gasteiger partial charge is 0.394 e. The van der Waals surface area contributed by atoms with Crippen LogP contribution in [0.4, 0.5) is 0 Å². The summed E-state index contributed by atoms with van der Waals surface area (Å²) < 4.78 is 0. The van der Waals surface area contributed by atoms with E-state index >= 15 is 0 Å². The van der Waals surface area contributed by atoms with Gasteiger partial charge in [0.2, 0.25) is 0 Å². The van der Waals surface area contributed by atoms with Crippen molar-refractivity contribution in [3.8, 4) is 0 Å². The highest BCUT2D eigenvalue weighted by Crippen LogP contribution is 2.13. The second kappa shape index (κ2) is 22.4. The smallest absolute Gasteiger partial charge is 0.101 e. The van der Waals surface area contributed by atoms with Crippen molar-refractivity contribution in [1.29, 1.82) is 0 Å². The van der Waals surface area contributed by atoms with Gasteiger partial charge in [-0.05, 0) is 12.8 Å². The molecule has 2 N–H and O–H groups in total. The Morgan fingerprint density at radius 3 is 1.50 bits per heavy atom. The Labute approximate surface area is 161 Å². The van der Waals surface area contributed by atoms with Gasteiger partial charge in [0.1, 0.15) is 13.2 Å². The highest BCUT2D eigenvalue weighted by Gasteiger charge is 1.99. The molecule has 0 aromatic carbocycles. The summed E-state index contributed by atoms with van der Waals surface area (Å²) in [6.07, 6.45) is 22.4. The minimum atomic E-state index is -0.0638. The SMILES string of the molecule is CCCCCCCCCCCCCCCC=CN(OCCO)OCCO. The molecule has 0 saturated heterocycles. The lowest BCUT2D eigenvalue weighted by Crippen LogP contribution is -2.22. The molecular formula is C21H43NO4. The van der Waals surface area contributed by atoms with Gasteiger partial charge < -0.3 is 10.2 Å². The third-order valence-corrected chi connectivity index (χ3v) is 4.32. The summed E-state index contributed by atoms with van der Waals surface area (Å²) >= 11 is 0. The third-order valence-electron chi connectivity index (χ3n) is 4.32. The Morgan fingerprint density at radius 2 is 1.08 bits per heavy atom. The fraction of sp³-hybridized carbons (Fsp3) is 0.905. The van der Waals surface area contributed by atoms with Crippen LogP contribution < -0.4 is 0 Å². The quantitative estimate of drug-likeness (QED) is 0.216. The Balaban J connectivity index is 3.37. The van der Waals surface area contributed by atoms with Gasteiger partial charge in [-0.15, -0.1) is 5.23 Å². The highest BCUT2D eigenvalue weighted by molar-refractivity contribution is 4.76. The van der Waals surface area contributed by atoms with Crippen LogP contribution in [0.15, 0.2) is 12.3 Å². The zero-order valence-electron chi connectivity index (χ0n) is 17.0. The van der Waals surface area contributed by atoms with Gasteiger partial charge in [0.15, 0.2) is 0 Å². The predicted octanol–water partition coefficient (Wildman–Crippen LogP) is 5.13. The molecule has 26 heavy (non-hydrogen) atoms. The number of aliphatic hydroxyl groups excluding tert-OH is 2. The Kier molecular flexibility index (Phi) is 21.9. The minimum absolute atomic E-state index is 0.0638. The van der Waals surface area contributed by atoms with E-state index in [0.29, 0.717) is 0 Å². The second-order valence-electron chi connectivity index (χ2n) is 6.82. The van der Waals surface area contributed by atoms with Crippen LogP contribution in [0, 0.1) is 0 Å². The fourth-order valence-electron chi connectivity index (χ4n) is 2.83.